The van der Waals surface area contributed by atoms with Crippen LogP contribution in [0.1, 0.15) is 85.5 Å². The molecule has 1 heterocycles. The maximum Gasteiger partial charge on any atom is 0.341 e. The van der Waals surface area contributed by atoms with Gasteiger partial charge in [0.25, 0.3) is 0 Å². The summed E-state index contributed by atoms with van der Waals surface area (Å²) < 4.78 is 5.47. The van der Waals surface area contributed by atoms with Crippen molar-refractivity contribution in [2.45, 2.75) is 77.6 Å². The van der Waals surface area contributed by atoms with E-state index < -0.39 is 0 Å². The number of nitrogens with one attached hydrogen (secondary N) is 2. The summed E-state index contributed by atoms with van der Waals surface area (Å²) in [6.45, 7) is 2.40. The minimum atomic E-state index is -0.279. The number of amides is 1. The lowest BCUT2D eigenvalue weighted by atomic mass is 9.49. The summed E-state index contributed by atoms with van der Waals surface area (Å²) in [5.41, 5.74) is 1.49. The number of carbonyl (C=O) groups is 2. The van der Waals surface area contributed by atoms with Gasteiger partial charge in [-0.25, -0.2) is 4.79 Å². The number of fused-ring (bicyclic) bond motifs is 1. The van der Waals surface area contributed by atoms with Crippen LogP contribution in [0.3, 0.4) is 0 Å². The zero-order valence-corrected chi connectivity index (χ0v) is 19.9. The second-order valence-corrected chi connectivity index (χ2v) is 11.7. The molecule has 4 fully saturated rings. The smallest absolute Gasteiger partial charge is 0.341 e. The molecule has 0 spiro atoms. The highest BCUT2D eigenvalue weighted by Crippen LogP contribution is 2.60. The first-order valence-corrected chi connectivity index (χ1v) is 13.1. The molecule has 4 bridgehead atoms. The van der Waals surface area contributed by atoms with E-state index in [1.54, 1.807) is 11.3 Å². The molecular weight excluding hydrogens is 428 g/mol. The van der Waals surface area contributed by atoms with Crippen molar-refractivity contribution < 1.29 is 14.3 Å². The summed E-state index contributed by atoms with van der Waals surface area (Å²) in [5.74, 6) is 1.94. The summed E-state index contributed by atoms with van der Waals surface area (Å²) >= 11 is 7.14. The number of anilines is 1. The molecule has 0 radical (unpaired) electrons. The number of aryl methyl sites for hydroxylation is 1. The van der Waals surface area contributed by atoms with E-state index in [4.69, 9.17) is 17.0 Å². The van der Waals surface area contributed by atoms with Gasteiger partial charge < -0.3 is 15.4 Å². The molecule has 0 saturated heterocycles. The minimum Gasteiger partial charge on any atom is -0.462 e. The van der Waals surface area contributed by atoms with Crippen LogP contribution in [-0.4, -0.2) is 23.6 Å². The molecule has 5 nitrogen and oxygen atoms in total. The van der Waals surface area contributed by atoms with Crippen LogP contribution in [0.25, 0.3) is 0 Å². The topological polar surface area (TPSA) is 67.4 Å². The number of ether oxygens (including phenoxy) is 1. The van der Waals surface area contributed by atoms with Gasteiger partial charge >= 0.3 is 5.97 Å². The Balaban J connectivity index is 1.31. The van der Waals surface area contributed by atoms with Gasteiger partial charge in [0.2, 0.25) is 5.91 Å². The normalized spacial score (nSPS) is 30.5. The predicted molar refractivity (Wildman–Crippen MR) is 127 cm³/mol. The molecule has 0 unspecified atom stereocenters. The summed E-state index contributed by atoms with van der Waals surface area (Å²) in [4.78, 5) is 27.4. The third-order valence-electron chi connectivity index (χ3n) is 7.79. The van der Waals surface area contributed by atoms with Gasteiger partial charge in [0.15, 0.2) is 5.11 Å². The lowest BCUT2D eigenvalue weighted by molar-refractivity contribution is -0.144. The summed E-state index contributed by atoms with van der Waals surface area (Å²) in [6.07, 6.45) is 11.9. The molecule has 6 rings (SSSR count). The van der Waals surface area contributed by atoms with E-state index in [-0.39, 0.29) is 17.3 Å². The summed E-state index contributed by atoms with van der Waals surface area (Å²) in [6, 6.07) is 0. The zero-order valence-electron chi connectivity index (χ0n) is 18.3. The molecule has 168 valence electrons. The van der Waals surface area contributed by atoms with Crippen LogP contribution in [0.2, 0.25) is 0 Å². The van der Waals surface area contributed by atoms with Gasteiger partial charge in [-0.3, -0.25) is 4.79 Å². The quantitative estimate of drug-likeness (QED) is 0.466. The number of hydrogen-bond acceptors (Lipinski definition) is 5. The SMILES string of the molecule is CCCOC(=O)c1c(NC(=S)NC(=O)C23CC4CC(CC(C4)C2)C3)sc2c1CCCC2. The van der Waals surface area contributed by atoms with Crippen LogP contribution in [0.15, 0.2) is 0 Å². The zero-order chi connectivity index (χ0) is 21.6. The predicted octanol–water partition coefficient (Wildman–Crippen LogP) is 5.22. The van der Waals surface area contributed by atoms with Crippen LogP contribution in [0.4, 0.5) is 5.00 Å². The van der Waals surface area contributed by atoms with Crippen molar-refractivity contribution in [3.05, 3.63) is 16.0 Å². The van der Waals surface area contributed by atoms with Crippen molar-refractivity contribution >= 4 is 45.5 Å². The van der Waals surface area contributed by atoms with Gasteiger partial charge in [0.05, 0.1) is 17.6 Å². The number of hydrogen-bond donors (Lipinski definition) is 2. The standard InChI is InChI=1S/C24H32N2O3S2/c1-2-7-29-21(27)19-17-5-3-4-6-18(17)31-20(19)25-23(30)26-22(28)24-11-14-8-15(12-24)10-16(9-14)13-24/h14-16H,2-13H2,1H3,(H2,25,26,28,30). The van der Waals surface area contributed by atoms with Crippen molar-refractivity contribution in [3.63, 3.8) is 0 Å². The van der Waals surface area contributed by atoms with E-state index in [0.29, 0.717) is 35.0 Å². The van der Waals surface area contributed by atoms with Crippen LogP contribution < -0.4 is 10.6 Å². The van der Waals surface area contributed by atoms with Gasteiger partial charge in [0, 0.05) is 4.88 Å². The van der Waals surface area contributed by atoms with E-state index >= 15 is 0 Å². The van der Waals surface area contributed by atoms with Crippen molar-refractivity contribution in [1.29, 1.82) is 0 Å². The Morgan fingerprint density at radius 2 is 1.74 bits per heavy atom. The number of thiocarbonyl (C=S) groups is 1. The Morgan fingerprint density at radius 3 is 2.39 bits per heavy atom. The first-order valence-electron chi connectivity index (χ1n) is 11.9. The van der Waals surface area contributed by atoms with Crippen molar-refractivity contribution in [2.75, 3.05) is 11.9 Å². The number of esters is 1. The third kappa shape index (κ3) is 4.04. The molecule has 1 aromatic rings. The maximum atomic E-state index is 13.3. The van der Waals surface area contributed by atoms with Crippen LogP contribution in [-0.2, 0) is 22.4 Å². The number of carbonyl (C=O) groups excluding carboxylic acids is 2. The van der Waals surface area contributed by atoms with Gasteiger partial charge in [-0.2, -0.15) is 0 Å². The van der Waals surface area contributed by atoms with Gasteiger partial charge in [0.1, 0.15) is 5.00 Å². The first kappa shape index (κ1) is 21.4. The third-order valence-corrected chi connectivity index (χ3v) is 9.20. The Labute approximate surface area is 193 Å². The fourth-order valence-electron chi connectivity index (χ4n) is 6.90. The molecule has 0 atom stereocenters. The molecule has 1 amide bonds. The maximum absolute atomic E-state index is 13.3. The summed E-state index contributed by atoms with van der Waals surface area (Å²) in [5, 5.41) is 7.25. The van der Waals surface area contributed by atoms with Crippen molar-refractivity contribution in [3.8, 4) is 0 Å². The number of rotatable bonds is 5. The highest BCUT2D eigenvalue weighted by Gasteiger charge is 2.54. The highest BCUT2D eigenvalue weighted by atomic mass is 32.1. The van der Waals surface area contributed by atoms with Crippen LogP contribution in [0, 0.1) is 23.2 Å². The Morgan fingerprint density at radius 1 is 1.10 bits per heavy atom. The van der Waals surface area contributed by atoms with Crippen molar-refractivity contribution in [2.24, 2.45) is 23.2 Å². The van der Waals surface area contributed by atoms with Crippen molar-refractivity contribution in [1.82, 2.24) is 5.32 Å². The molecule has 7 heteroatoms. The van der Waals surface area contributed by atoms with Gasteiger partial charge in [-0.15, -0.1) is 11.3 Å². The highest BCUT2D eigenvalue weighted by molar-refractivity contribution is 7.80. The van der Waals surface area contributed by atoms with Crippen LogP contribution >= 0.6 is 23.6 Å². The van der Waals surface area contributed by atoms with E-state index in [1.165, 1.54) is 24.1 Å². The lowest BCUT2D eigenvalue weighted by Gasteiger charge is -2.55. The largest absolute Gasteiger partial charge is 0.462 e. The van der Waals surface area contributed by atoms with Gasteiger partial charge in [-0.05, 0) is 106 Å². The average Bonchev–Trinajstić information content (AvgIpc) is 3.08. The molecule has 5 aliphatic carbocycles. The second-order valence-electron chi connectivity index (χ2n) is 10.2. The molecule has 2 N–H and O–H groups in total. The molecule has 5 aliphatic rings. The molecule has 0 aromatic carbocycles. The first-order chi connectivity index (χ1) is 15.0. The molecule has 31 heavy (non-hydrogen) atoms. The minimum absolute atomic E-state index is 0.0838. The summed E-state index contributed by atoms with van der Waals surface area (Å²) in [7, 11) is 0. The van der Waals surface area contributed by atoms with E-state index in [2.05, 4.69) is 10.6 Å². The fraction of sp³-hybridized carbons (Fsp3) is 0.708. The Bertz CT molecular complexity index is 872. The van der Waals surface area contributed by atoms with Crippen LogP contribution in [0.5, 0.6) is 0 Å². The monoisotopic (exact) mass is 460 g/mol. The van der Waals surface area contributed by atoms with E-state index in [0.717, 1.165) is 61.9 Å². The molecule has 0 aliphatic heterocycles. The lowest BCUT2D eigenvalue weighted by Crippen LogP contribution is -2.55. The number of thiophene rings is 1. The molecule has 4 saturated carbocycles. The Hall–Kier alpha value is -1.47. The fourth-order valence-corrected chi connectivity index (χ4v) is 8.44. The van der Waals surface area contributed by atoms with E-state index in [9.17, 15) is 9.59 Å². The Kier molecular flexibility index (Phi) is 5.84. The van der Waals surface area contributed by atoms with E-state index in [1.807, 2.05) is 6.92 Å². The molecule has 1 aromatic heterocycles. The van der Waals surface area contributed by atoms with Gasteiger partial charge in [-0.1, -0.05) is 6.92 Å². The second kappa shape index (κ2) is 8.47. The molecular formula is C24H32N2O3S2. The average molecular weight is 461 g/mol.